The first-order valence-electron chi connectivity index (χ1n) is 10.5. The lowest BCUT2D eigenvalue weighted by molar-refractivity contribution is -0.662. The van der Waals surface area contributed by atoms with Crippen LogP contribution in [0, 0.1) is 0 Å². The number of halogens is 1. The van der Waals surface area contributed by atoms with Crippen LogP contribution in [0.25, 0.3) is 5.65 Å². The molecule has 2 aliphatic rings. The second-order valence-electron chi connectivity index (χ2n) is 7.72. The molecule has 3 aromatic rings. The van der Waals surface area contributed by atoms with E-state index in [-0.39, 0.29) is 29.0 Å². The van der Waals surface area contributed by atoms with E-state index in [2.05, 4.69) is 29.8 Å². The topological polar surface area (TPSA) is 210 Å². The largest absolute Gasteiger partial charge is 0.543 e. The number of thioether (sulfide) groups is 1. The maximum atomic E-state index is 13.0. The Labute approximate surface area is 214 Å². The van der Waals surface area contributed by atoms with Crippen LogP contribution in [-0.2, 0) is 25.8 Å². The van der Waals surface area contributed by atoms with Gasteiger partial charge >= 0.3 is 5.65 Å². The van der Waals surface area contributed by atoms with Crippen molar-refractivity contribution in [2.45, 2.75) is 18.0 Å². The quantitative estimate of drug-likeness (QED) is 0.115. The molecule has 0 bridgehead atoms. The molecule has 2 amide bonds. The molecule has 3 aromatic heterocycles. The molecule has 192 valence electrons. The summed E-state index contributed by atoms with van der Waals surface area (Å²) >= 11 is 2.04. The number of nitrogens with one attached hydrogen (secondary N) is 1. The van der Waals surface area contributed by atoms with Gasteiger partial charge in [0.1, 0.15) is 24.2 Å². The Hall–Kier alpha value is -4.32. The number of anilines is 2. The summed E-state index contributed by atoms with van der Waals surface area (Å²) in [6, 6.07) is 2.26. The maximum absolute atomic E-state index is 13.0. The minimum Gasteiger partial charge on any atom is -0.543 e. The highest BCUT2D eigenvalue weighted by Crippen LogP contribution is 2.40. The highest BCUT2D eigenvalue weighted by atomic mass is 32.2. The number of nitrogens with two attached hydrogens (primary N) is 2. The van der Waals surface area contributed by atoms with Crippen molar-refractivity contribution in [3.8, 4) is 0 Å². The number of amides is 2. The lowest BCUT2D eigenvalue weighted by atomic mass is 10.0. The predicted molar refractivity (Wildman–Crippen MR) is 125 cm³/mol. The summed E-state index contributed by atoms with van der Waals surface area (Å²) < 4.78 is 19.6. The first kappa shape index (κ1) is 24.4. The molecule has 0 saturated carbocycles. The molecule has 2 atom stereocenters. The zero-order chi connectivity index (χ0) is 26.3. The number of β-lactam (4-membered cyclic amide) rings is 1. The number of nitrogens with zero attached hydrogens (tertiary/aromatic N) is 7. The third kappa shape index (κ3) is 4.40. The average molecular weight is 549 g/mol. The second kappa shape index (κ2) is 9.62. The third-order valence-electron chi connectivity index (χ3n) is 5.50. The van der Waals surface area contributed by atoms with Gasteiger partial charge in [-0.1, -0.05) is 14.8 Å². The number of alkyl halides is 1. The predicted octanol–water partition coefficient (Wildman–Crippen LogP) is -2.61. The van der Waals surface area contributed by atoms with Crippen LogP contribution in [0.1, 0.15) is 5.82 Å². The number of nitrogen functional groups attached to an aromatic ring is 2. The second-order valence-corrected chi connectivity index (χ2v) is 9.61. The van der Waals surface area contributed by atoms with Gasteiger partial charge in [-0.05, 0) is 6.07 Å². The number of aliphatic carboxylic acids is 1. The molecule has 2 aliphatic heterocycles. The number of carboxylic acids is 1. The number of aromatic nitrogens is 5. The summed E-state index contributed by atoms with van der Waals surface area (Å²) in [5.74, 6) is -2.76. The Bertz CT molecular complexity index is 1490. The van der Waals surface area contributed by atoms with E-state index in [0.717, 1.165) is 16.4 Å². The van der Waals surface area contributed by atoms with Gasteiger partial charge in [0, 0.05) is 28.9 Å². The van der Waals surface area contributed by atoms with Crippen molar-refractivity contribution in [3.05, 3.63) is 41.6 Å². The van der Waals surface area contributed by atoms with Crippen LogP contribution >= 0.6 is 23.3 Å². The smallest absolute Gasteiger partial charge is 0.307 e. The lowest BCUT2D eigenvalue weighted by Crippen LogP contribution is -2.71. The van der Waals surface area contributed by atoms with Crippen molar-refractivity contribution in [2.75, 3.05) is 24.1 Å². The van der Waals surface area contributed by atoms with Crippen LogP contribution in [-0.4, -0.2) is 71.4 Å². The van der Waals surface area contributed by atoms with Crippen molar-refractivity contribution in [1.29, 1.82) is 0 Å². The molecule has 0 unspecified atom stereocenters. The fourth-order valence-electron chi connectivity index (χ4n) is 3.95. The van der Waals surface area contributed by atoms with Crippen molar-refractivity contribution >= 4 is 63.4 Å². The number of rotatable bonds is 8. The van der Waals surface area contributed by atoms with E-state index in [9.17, 15) is 23.9 Å². The first-order chi connectivity index (χ1) is 17.8. The maximum Gasteiger partial charge on any atom is 0.307 e. The summed E-state index contributed by atoms with van der Waals surface area (Å²) in [6.07, 6.45) is 3.37. The Balaban J connectivity index is 1.37. The molecule has 0 aromatic carbocycles. The standard InChI is InChI=1S/C19H17FN10O5S2/c20-7-35-26-11(14-24-19(22)37-27-14)15(31)23-12-16(32)30-13(18(33)34)8(6-36-17(12)30)5-28-3-4-29-10(28)2-1-9(21)25-29/h1-4,12,17H,5-7H2,(H5-,21,22,23,24,25,27,31,33,34)/b26-11-/t12-,17-/m1/s1. The molecule has 37 heavy (non-hydrogen) atoms. The van der Waals surface area contributed by atoms with Crippen LogP contribution in [0.5, 0.6) is 0 Å². The van der Waals surface area contributed by atoms with Crippen molar-refractivity contribution in [3.63, 3.8) is 0 Å². The monoisotopic (exact) mass is 548 g/mol. The van der Waals surface area contributed by atoms with E-state index in [1.54, 1.807) is 33.6 Å². The molecule has 1 fully saturated rings. The van der Waals surface area contributed by atoms with Crippen LogP contribution in [0.4, 0.5) is 15.3 Å². The molecule has 1 saturated heterocycles. The normalized spacial score (nSPS) is 19.5. The van der Waals surface area contributed by atoms with Gasteiger partial charge in [0.05, 0.1) is 11.7 Å². The molecule has 18 heteroatoms. The number of hydrogen-bond acceptors (Lipinski definition) is 13. The molecule has 15 nitrogen and oxygen atoms in total. The Morgan fingerprint density at radius 3 is 2.89 bits per heavy atom. The van der Waals surface area contributed by atoms with E-state index in [0.29, 0.717) is 17.0 Å². The Morgan fingerprint density at radius 2 is 2.19 bits per heavy atom. The van der Waals surface area contributed by atoms with Gasteiger partial charge in [-0.25, -0.2) is 8.96 Å². The molecular weight excluding hydrogens is 531 g/mol. The van der Waals surface area contributed by atoms with Crippen molar-refractivity contribution in [2.24, 2.45) is 5.16 Å². The number of carboxylic acid groups (broad SMARTS) is 1. The van der Waals surface area contributed by atoms with Crippen LogP contribution < -0.4 is 26.5 Å². The number of oxime groups is 1. The van der Waals surface area contributed by atoms with E-state index in [1.165, 1.54) is 11.8 Å². The number of carbonyl (C=O) groups excluding carboxylic acids is 3. The van der Waals surface area contributed by atoms with Gasteiger partial charge < -0.3 is 31.5 Å². The highest BCUT2D eigenvalue weighted by Gasteiger charge is 2.53. The molecule has 0 spiro atoms. The minimum atomic E-state index is -1.52. The molecule has 0 aliphatic carbocycles. The highest BCUT2D eigenvalue weighted by molar-refractivity contribution is 8.00. The summed E-state index contributed by atoms with van der Waals surface area (Å²) in [5, 5.41) is 21.4. The SMILES string of the molecule is Nc1ccc2n(cc[n+]2CC2=C(C(=O)[O-])N3C(=O)[C@@H](NC(=O)/C(=N\OCF)c4nsc(N)n4)[C@H]3SC2)n1. The summed E-state index contributed by atoms with van der Waals surface area (Å²) in [6.45, 7) is -1.16. The van der Waals surface area contributed by atoms with Crippen LogP contribution in [0.15, 0.2) is 41.0 Å². The zero-order valence-corrected chi connectivity index (χ0v) is 20.2. The Morgan fingerprint density at radius 1 is 1.38 bits per heavy atom. The van der Waals surface area contributed by atoms with Crippen molar-refractivity contribution in [1.82, 2.24) is 29.2 Å². The van der Waals surface area contributed by atoms with Gasteiger partial charge in [-0.2, -0.15) is 9.36 Å². The van der Waals surface area contributed by atoms with E-state index in [4.69, 9.17) is 11.5 Å². The number of hydrogen-bond donors (Lipinski definition) is 3. The lowest BCUT2D eigenvalue weighted by Gasteiger charge is -2.50. The average Bonchev–Trinajstić information content (AvgIpc) is 3.47. The third-order valence-corrected chi connectivity index (χ3v) is 7.39. The minimum absolute atomic E-state index is 0.0360. The van der Waals surface area contributed by atoms with E-state index >= 15 is 0 Å². The summed E-state index contributed by atoms with van der Waals surface area (Å²) in [5.41, 5.74) is 11.6. The number of carbonyl (C=O) groups is 3. The first-order valence-corrected chi connectivity index (χ1v) is 12.3. The zero-order valence-electron chi connectivity index (χ0n) is 18.6. The van der Waals surface area contributed by atoms with Crippen LogP contribution in [0.2, 0.25) is 0 Å². The molecule has 5 rings (SSSR count). The molecule has 5 heterocycles. The van der Waals surface area contributed by atoms with Gasteiger partial charge in [-0.15, -0.1) is 11.8 Å². The molecular formula is C19H17FN10O5S2. The van der Waals surface area contributed by atoms with Gasteiger partial charge in [-0.3, -0.25) is 14.5 Å². The number of fused-ring (bicyclic) bond motifs is 2. The Kier molecular flexibility index (Phi) is 6.34. The summed E-state index contributed by atoms with van der Waals surface area (Å²) in [4.78, 5) is 47.1. The van der Waals surface area contributed by atoms with Gasteiger partial charge in [0.25, 0.3) is 18.7 Å². The van der Waals surface area contributed by atoms with E-state index in [1.807, 2.05) is 0 Å². The van der Waals surface area contributed by atoms with Gasteiger partial charge in [0.15, 0.2) is 17.1 Å². The van der Waals surface area contributed by atoms with Crippen molar-refractivity contribution < 1.29 is 33.3 Å². The van der Waals surface area contributed by atoms with E-state index < -0.39 is 41.8 Å². The van der Waals surface area contributed by atoms with Crippen LogP contribution in [0.3, 0.4) is 0 Å². The fourth-order valence-corrected chi connectivity index (χ4v) is 5.72. The van der Waals surface area contributed by atoms with Gasteiger partial charge in [0.2, 0.25) is 11.5 Å². The number of imidazole rings is 1. The molecule has 5 N–H and O–H groups in total. The molecule has 0 radical (unpaired) electrons. The summed E-state index contributed by atoms with van der Waals surface area (Å²) in [7, 11) is 0. The fraction of sp³-hybridized carbons (Fsp3) is 0.263.